The molecular weight excluding hydrogens is 410 g/mol. The predicted molar refractivity (Wildman–Crippen MR) is 131 cm³/mol. The van der Waals surface area contributed by atoms with E-state index in [9.17, 15) is 4.79 Å². The molecular formula is C28H33N3O2. The van der Waals surface area contributed by atoms with E-state index in [1.54, 1.807) is 6.20 Å². The highest BCUT2D eigenvalue weighted by Gasteiger charge is 2.28. The fourth-order valence-electron chi connectivity index (χ4n) is 4.43. The number of ether oxygens (including phenoxy) is 1. The van der Waals surface area contributed by atoms with Gasteiger partial charge in [-0.05, 0) is 68.6 Å². The Hall–Kier alpha value is -3.18. The molecule has 1 fully saturated rings. The lowest BCUT2D eigenvalue weighted by Crippen LogP contribution is -2.42. The number of carbonyl (C=O) groups is 1. The minimum Gasteiger partial charge on any atom is -0.494 e. The number of carbonyl (C=O) groups excluding carboxylic acids is 1. The van der Waals surface area contributed by atoms with Crippen molar-refractivity contribution in [2.24, 2.45) is 5.92 Å². The van der Waals surface area contributed by atoms with Crippen LogP contribution in [0.1, 0.15) is 42.1 Å². The number of aryl methyl sites for hydroxylation is 1. The molecule has 1 atom stereocenters. The number of nitrogens with one attached hydrogen (secondary N) is 1. The summed E-state index contributed by atoms with van der Waals surface area (Å²) in [5, 5.41) is 3.31. The average molecular weight is 444 g/mol. The van der Waals surface area contributed by atoms with Gasteiger partial charge in [0, 0.05) is 18.7 Å². The van der Waals surface area contributed by atoms with Crippen LogP contribution in [0.2, 0.25) is 0 Å². The highest BCUT2D eigenvalue weighted by Crippen LogP contribution is 2.25. The molecule has 1 aromatic heterocycles. The predicted octanol–water partition coefficient (Wildman–Crippen LogP) is 4.78. The number of likely N-dealkylation sites (tertiary alicyclic amines) is 1. The van der Waals surface area contributed by atoms with Gasteiger partial charge in [-0.25, -0.2) is 0 Å². The molecule has 3 aromatic rings. The van der Waals surface area contributed by atoms with Gasteiger partial charge in [0.05, 0.1) is 18.3 Å². The molecule has 172 valence electrons. The first-order valence-corrected chi connectivity index (χ1v) is 11.9. The molecule has 1 N–H and O–H groups in total. The number of para-hydroxylation sites is 1. The van der Waals surface area contributed by atoms with Gasteiger partial charge in [-0.1, -0.05) is 54.6 Å². The topological polar surface area (TPSA) is 54.5 Å². The summed E-state index contributed by atoms with van der Waals surface area (Å²) in [4.78, 5) is 20.2. The van der Waals surface area contributed by atoms with Gasteiger partial charge >= 0.3 is 0 Å². The van der Waals surface area contributed by atoms with Crippen LogP contribution in [0.25, 0.3) is 0 Å². The summed E-state index contributed by atoms with van der Waals surface area (Å²) in [6, 6.07) is 23.8. The van der Waals surface area contributed by atoms with Crippen LogP contribution in [0.5, 0.6) is 5.75 Å². The number of piperidine rings is 1. The number of rotatable bonds is 9. The van der Waals surface area contributed by atoms with Crippen LogP contribution in [-0.4, -0.2) is 42.0 Å². The van der Waals surface area contributed by atoms with Gasteiger partial charge in [0.15, 0.2) is 0 Å². The smallest absolute Gasteiger partial charge is 0.224 e. The summed E-state index contributed by atoms with van der Waals surface area (Å²) in [7, 11) is 0. The molecule has 2 aromatic carbocycles. The summed E-state index contributed by atoms with van der Waals surface area (Å²) in [5.74, 6) is 1.09. The third-order valence-electron chi connectivity index (χ3n) is 6.33. The van der Waals surface area contributed by atoms with Crippen LogP contribution < -0.4 is 10.1 Å². The third-order valence-corrected chi connectivity index (χ3v) is 6.33. The maximum atomic E-state index is 13.2. The lowest BCUT2D eigenvalue weighted by atomic mass is 9.93. The van der Waals surface area contributed by atoms with Gasteiger partial charge in [-0.3, -0.25) is 9.78 Å². The van der Waals surface area contributed by atoms with Crippen molar-refractivity contribution in [2.75, 3.05) is 26.2 Å². The van der Waals surface area contributed by atoms with Gasteiger partial charge in [0.25, 0.3) is 0 Å². The summed E-state index contributed by atoms with van der Waals surface area (Å²) in [5.41, 5.74) is 3.05. The minimum absolute atomic E-state index is 0.0389. The first-order valence-electron chi connectivity index (χ1n) is 11.9. The number of amides is 1. The summed E-state index contributed by atoms with van der Waals surface area (Å²) >= 11 is 0. The molecule has 0 bridgehead atoms. The normalized spacial score (nSPS) is 15.7. The molecule has 5 nitrogen and oxygen atoms in total. The Morgan fingerprint density at radius 1 is 1.03 bits per heavy atom. The van der Waals surface area contributed by atoms with E-state index in [4.69, 9.17) is 4.74 Å². The Morgan fingerprint density at radius 2 is 1.73 bits per heavy atom. The Labute approximate surface area is 196 Å². The lowest BCUT2D eigenvalue weighted by molar-refractivity contribution is -0.127. The molecule has 5 heteroatoms. The number of hydrogen-bond acceptors (Lipinski definition) is 4. The maximum Gasteiger partial charge on any atom is 0.224 e. The summed E-state index contributed by atoms with van der Waals surface area (Å²) < 4.78 is 5.80. The zero-order valence-corrected chi connectivity index (χ0v) is 19.3. The van der Waals surface area contributed by atoms with Crippen LogP contribution in [0.15, 0.2) is 79.0 Å². The second-order valence-corrected chi connectivity index (χ2v) is 8.69. The fourth-order valence-corrected chi connectivity index (χ4v) is 4.43. The van der Waals surface area contributed by atoms with E-state index in [0.717, 1.165) is 61.5 Å². The Morgan fingerprint density at radius 3 is 2.42 bits per heavy atom. The van der Waals surface area contributed by atoms with E-state index in [0.29, 0.717) is 6.61 Å². The van der Waals surface area contributed by atoms with Crippen LogP contribution >= 0.6 is 0 Å². The third kappa shape index (κ3) is 6.42. The first kappa shape index (κ1) is 23.0. The molecule has 1 aliphatic heterocycles. The van der Waals surface area contributed by atoms with E-state index in [-0.39, 0.29) is 17.9 Å². The molecule has 1 unspecified atom stereocenters. The highest BCUT2D eigenvalue weighted by molar-refractivity contribution is 5.79. The van der Waals surface area contributed by atoms with Gasteiger partial charge in [0.1, 0.15) is 5.75 Å². The van der Waals surface area contributed by atoms with Crippen LogP contribution in [-0.2, 0) is 4.79 Å². The molecule has 4 rings (SSSR count). The van der Waals surface area contributed by atoms with E-state index >= 15 is 0 Å². The van der Waals surface area contributed by atoms with Crippen molar-refractivity contribution in [3.8, 4) is 5.75 Å². The van der Waals surface area contributed by atoms with Crippen molar-refractivity contribution in [1.29, 1.82) is 0 Å². The summed E-state index contributed by atoms with van der Waals surface area (Å²) in [6.07, 6.45) is 4.55. The zero-order chi connectivity index (χ0) is 22.9. The maximum absolute atomic E-state index is 13.2. The van der Waals surface area contributed by atoms with Gasteiger partial charge in [-0.15, -0.1) is 0 Å². The molecule has 1 aliphatic rings. The van der Waals surface area contributed by atoms with E-state index < -0.39 is 0 Å². The molecule has 0 saturated carbocycles. The van der Waals surface area contributed by atoms with Gasteiger partial charge in [-0.2, -0.15) is 0 Å². The number of benzene rings is 2. The van der Waals surface area contributed by atoms with E-state index in [2.05, 4.69) is 27.3 Å². The molecule has 1 amide bonds. The second-order valence-electron chi connectivity index (χ2n) is 8.69. The van der Waals surface area contributed by atoms with Gasteiger partial charge < -0.3 is 15.0 Å². The molecule has 0 spiro atoms. The molecule has 0 aliphatic carbocycles. The largest absolute Gasteiger partial charge is 0.494 e. The van der Waals surface area contributed by atoms with Crippen LogP contribution in [0.3, 0.4) is 0 Å². The Bertz CT molecular complexity index is 1000. The first-order chi connectivity index (χ1) is 16.2. The van der Waals surface area contributed by atoms with E-state index in [1.807, 2.05) is 67.6 Å². The van der Waals surface area contributed by atoms with Crippen molar-refractivity contribution < 1.29 is 9.53 Å². The Kier molecular flexibility index (Phi) is 8.09. The molecule has 2 heterocycles. The zero-order valence-electron chi connectivity index (χ0n) is 19.3. The van der Waals surface area contributed by atoms with Gasteiger partial charge in [0.2, 0.25) is 5.91 Å². The van der Waals surface area contributed by atoms with Crippen molar-refractivity contribution in [3.63, 3.8) is 0 Å². The van der Waals surface area contributed by atoms with Crippen LogP contribution in [0, 0.1) is 12.8 Å². The SMILES string of the molecule is Cc1cccnc1C(NC(=O)C1CCN(CCCOc2ccccc2)CC1)c1ccccc1. The van der Waals surface area contributed by atoms with Crippen molar-refractivity contribution in [1.82, 2.24) is 15.2 Å². The van der Waals surface area contributed by atoms with Crippen molar-refractivity contribution >= 4 is 5.91 Å². The number of nitrogens with zero attached hydrogens (tertiary/aromatic N) is 2. The number of pyridine rings is 1. The van der Waals surface area contributed by atoms with Crippen molar-refractivity contribution in [3.05, 3.63) is 95.8 Å². The standard InChI is InChI=1S/C28H33N3O2/c1-22-10-8-17-29-26(22)27(23-11-4-2-5-12-23)30-28(32)24-15-19-31(20-16-24)18-9-21-33-25-13-6-3-7-14-25/h2-8,10-14,17,24,27H,9,15-16,18-21H2,1H3,(H,30,32). The second kappa shape index (κ2) is 11.6. The van der Waals surface area contributed by atoms with Crippen LogP contribution in [0.4, 0.5) is 0 Å². The lowest BCUT2D eigenvalue weighted by Gasteiger charge is -2.32. The average Bonchev–Trinajstić information content (AvgIpc) is 2.87. The van der Waals surface area contributed by atoms with E-state index in [1.165, 1.54) is 0 Å². The number of hydrogen-bond donors (Lipinski definition) is 1. The Balaban J connectivity index is 1.28. The fraction of sp³-hybridized carbons (Fsp3) is 0.357. The quantitative estimate of drug-likeness (QED) is 0.484. The minimum atomic E-state index is -0.229. The molecule has 0 radical (unpaired) electrons. The highest BCUT2D eigenvalue weighted by atomic mass is 16.5. The molecule has 1 saturated heterocycles. The van der Waals surface area contributed by atoms with Crippen molar-refractivity contribution in [2.45, 2.75) is 32.2 Å². The number of aromatic nitrogens is 1. The molecule has 33 heavy (non-hydrogen) atoms. The monoisotopic (exact) mass is 443 g/mol. The summed E-state index contributed by atoms with van der Waals surface area (Å²) in [6.45, 7) is 5.65.